The molecule has 0 N–H and O–H groups in total. The van der Waals surface area contributed by atoms with Crippen molar-refractivity contribution in [2.24, 2.45) is 0 Å². The van der Waals surface area contributed by atoms with Gasteiger partial charge in [-0.05, 0) is 38.1 Å². The van der Waals surface area contributed by atoms with Crippen molar-refractivity contribution in [2.45, 2.75) is 26.4 Å². The van der Waals surface area contributed by atoms with E-state index in [0.29, 0.717) is 18.7 Å². The summed E-state index contributed by atoms with van der Waals surface area (Å²) in [5, 5.41) is 11.5. The molecular formula is C17H16FN5OS. The normalized spacial score (nSPS) is 16.8. The summed E-state index contributed by atoms with van der Waals surface area (Å²) in [4.78, 5) is 19.0. The zero-order valence-electron chi connectivity index (χ0n) is 13.8. The number of halogens is 1. The van der Waals surface area contributed by atoms with Gasteiger partial charge >= 0.3 is 0 Å². The maximum absolute atomic E-state index is 13.1. The Balaban J connectivity index is 1.63. The minimum absolute atomic E-state index is 0.132. The predicted molar refractivity (Wildman–Crippen MR) is 91.7 cm³/mol. The summed E-state index contributed by atoms with van der Waals surface area (Å²) in [6.45, 7) is 5.02. The van der Waals surface area contributed by atoms with E-state index in [1.807, 2.05) is 23.8 Å². The van der Waals surface area contributed by atoms with Crippen molar-refractivity contribution in [3.8, 4) is 11.5 Å². The first-order chi connectivity index (χ1) is 12.0. The number of carbonyl (C=O) groups excluding carboxylic acids is 1. The van der Waals surface area contributed by atoms with Gasteiger partial charge in [-0.25, -0.2) is 9.37 Å². The van der Waals surface area contributed by atoms with Crippen LogP contribution in [0, 0.1) is 12.7 Å². The molecule has 0 aliphatic carbocycles. The maximum atomic E-state index is 13.1. The molecule has 0 fully saturated rings. The summed E-state index contributed by atoms with van der Waals surface area (Å²) >= 11 is 1.57. The lowest BCUT2D eigenvalue weighted by molar-refractivity contribution is 0.0638. The van der Waals surface area contributed by atoms with Gasteiger partial charge < -0.3 is 9.47 Å². The Kier molecular flexibility index (Phi) is 3.84. The molecule has 1 aliphatic rings. The van der Waals surface area contributed by atoms with Crippen LogP contribution in [0.1, 0.15) is 34.2 Å². The van der Waals surface area contributed by atoms with Crippen LogP contribution in [0.4, 0.5) is 4.39 Å². The van der Waals surface area contributed by atoms with Gasteiger partial charge in [0.05, 0.1) is 11.0 Å². The molecule has 0 bridgehead atoms. The van der Waals surface area contributed by atoms with Crippen LogP contribution in [-0.2, 0) is 6.54 Å². The average molecular weight is 357 g/mol. The zero-order valence-corrected chi connectivity index (χ0v) is 14.6. The number of hydrogen-bond acceptors (Lipinski definition) is 5. The Morgan fingerprint density at radius 2 is 2.00 bits per heavy atom. The van der Waals surface area contributed by atoms with E-state index < -0.39 is 0 Å². The summed E-state index contributed by atoms with van der Waals surface area (Å²) in [7, 11) is 0. The molecule has 6 nitrogen and oxygen atoms in total. The molecule has 1 aliphatic heterocycles. The highest BCUT2D eigenvalue weighted by Gasteiger charge is 2.32. The lowest BCUT2D eigenvalue weighted by Crippen LogP contribution is -2.41. The van der Waals surface area contributed by atoms with Crippen molar-refractivity contribution in [3.05, 3.63) is 51.9 Å². The first kappa shape index (κ1) is 15.9. The van der Waals surface area contributed by atoms with Crippen molar-refractivity contribution in [1.29, 1.82) is 0 Å². The number of thiazole rings is 1. The summed E-state index contributed by atoms with van der Waals surface area (Å²) < 4.78 is 15.1. The molecule has 4 rings (SSSR count). The zero-order chi connectivity index (χ0) is 17.6. The first-order valence-electron chi connectivity index (χ1n) is 7.96. The van der Waals surface area contributed by atoms with E-state index in [2.05, 4.69) is 15.2 Å². The Morgan fingerprint density at radius 1 is 1.24 bits per heavy atom. The number of benzene rings is 1. The van der Waals surface area contributed by atoms with Crippen molar-refractivity contribution in [1.82, 2.24) is 24.6 Å². The van der Waals surface area contributed by atoms with E-state index in [0.717, 1.165) is 22.4 Å². The largest absolute Gasteiger partial charge is 0.327 e. The first-order valence-corrected chi connectivity index (χ1v) is 8.84. The minimum atomic E-state index is -0.355. The van der Waals surface area contributed by atoms with Gasteiger partial charge in [-0.3, -0.25) is 4.79 Å². The predicted octanol–water partition coefficient (Wildman–Crippen LogP) is 3.07. The van der Waals surface area contributed by atoms with E-state index in [9.17, 15) is 9.18 Å². The van der Waals surface area contributed by atoms with Gasteiger partial charge in [-0.1, -0.05) is 0 Å². The van der Waals surface area contributed by atoms with Crippen LogP contribution in [0.3, 0.4) is 0 Å². The fourth-order valence-electron chi connectivity index (χ4n) is 3.08. The fourth-order valence-corrected chi connectivity index (χ4v) is 3.67. The van der Waals surface area contributed by atoms with Crippen LogP contribution in [0.25, 0.3) is 11.5 Å². The highest BCUT2D eigenvalue weighted by atomic mass is 32.1. The number of aryl methyl sites for hydroxylation is 1. The summed E-state index contributed by atoms with van der Waals surface area (Å²) in [5.41, 5.74) is 1.28. The second-order valence-electron chi connectivity index (χ2n) is 5.97. The van der Waals surface area contributed by atoms with Crippen LogP contribution in [0.15, 0.2) is 29.6 Å². The van der Waals surface area contributed by atoms with Crippen LogP contribution in [0.5, 0.6) is 0 Å². The molecule has 0 spiro atoms. The highest BCUT2D eigenvalue weighted by Crippen LogP contribution is 2.29. The summed E-state index contributed by atoms with van der Waals surface area (Å²) in [6, 6.07) is 5.40. The van der Waals surface area contributed by atoms with E-state index in [1.165, 1.54) is 24.3 Å². The molecular weight excluding hydrogens is 341 g/mol. The smallest absolute Gasteiger partial charge is 0.254 e. The number of amides is 1. The van der Waals surface area contributed by atoms with Gasteiger partial charge in [0.2, 0.25) is 0 Å². The van der Waals surface area contributed by atoms with E-state index in [4.69, 9.17) is 0 Å². The van der Waals surface area contributed by atoms with Crippen LogP contribution < -0.4 is 0 Å². The third-order valence-electron chi connectivity index (χ3n) is 4.39. The highest BCUT2D eigenvalue weighted by molar-refractivity contribution is 7.09. The van der Waals surface area contributed by atoms with Crippen molar-refractivity contribution in [3.63, 3.8) is 0 Å². The standard InChI is InChI=1S/C17H16FN5OS/c1-10-15-20-21-16(14-9-25-11(2)19-14)23(15)8-7-22(10)17(24)12-3-5-13(18)6-4-12/h3-6,9-10H,7-8H2,1-2H3. The number of nitrogens with zero attached hydrogens (tertiary/aromatic N) is 5. The Hall–Kier alpha value is -2.61. The molecule has 128 valence electrons. The third kappa shape index (κ3) is 2.72. The third-order valence-corrected chi connectivity index (χ3v) is 5.16. The van der Waals surface area contributed by atoms with Crippen molar-refractivity contribution in [2.75, 3.05) is 6.54 Å². The molecule has 25 heavy (non-hydrogen) atoms. The Morgan fingerprint density at radius 3 is 2.68 bits per heavy atom. The molecule has 0 radical (unpaired) electrons. The number of rotatable bonds is 2. The maximum Gasteiger partial charge on any atom is 0.254 e. The van der Waals surface area contributed by atoms with Gasteiger partial charge in [-0.2, -0.15) is 0 Å². The molecule has 1 unspecified atom stereocenters. The molecule has 1 aromatic carbocycles. The molecule has 1 atom stereocenters. The summed E-state index contributed by atoms with van der Waals surface area (Å²) in [5.74, 6) is 0.987. The molecule has 0 saturated heterocycles. The van der Waals surface area contributed by atoms with Crippen molar-refractivity contribution < 1.29 is 9.18 Å². The monoisotopic (exact) mass is 357 g/mol. The quantitative estimate of drug-likeness (QED) is 0.707. The molecule has 1 amide bonds. The van der Waals surface area contributed by atoms with Crippen LogP contribution in [0.2, 0.25) is 0 Å². The SMILES string of the molecule is Cc1nc(-c2nnc3n2CCN(C(=O)c2ccc(F)cc2)C3C)cs1. The Labute approximate surface area is 148 Å². The van der Waals surface area contributed by atoms with E-state index in [-0.39, 0.29) is 17.8 Å². The van der Waals surface area contributed by atoms with E-state index in [1.54, 1.807) is 16.2 Å². The second kappa shape index (κ2) is 6.03. The average Bonchev–Trinajstić information content (AvgIpc) is 3.21. The fraction of sp³-hybridized carbons (Fsp3) is 0.294. The van der Waals surface area contributed by atoms with Gasteiger partial charge in [0.1, 0.15) is 11.5 Å². The number of fused-ring (bicyclic) bond motifs is 1. The topological polar surface area (TPSA) is 63.9 Å². The Bertz CT molecular complexity index is 933. The molecule has 2 aromatic heterocycles. The van der Waals surface area contributed by atoms with Gasteiger partial charge in [0, 0.05) is 24.0 Å². The van der Waals surface area contributed by atoms with Crippen molar-refractivity contribution >= 4 is 17.2 Å². The number of aromatic nitrogens is 4. The number of hydrogen-bond donors (Lipinski definition) is 0. The van der Waals surface area contributed by atoms with Gasteiger partial charge in [-0.15, -0.1) is 21.5 Å². The van der Waals surface area contributed by atoms with Crippen LogP contribution in [-0.4, -0.2) is 37.1 Å². The molecule has 0 saturated carbocycles. The number of carbonyl (C=O) groups is 1. The molecule has 3 aromatic rings. The van der Waals surface area contributed by atoms with Gasteiger partial charge in [0.15, 0.2) is 11.6 Å². The van der Waals surface area contributed by atoms with E-state index >= 15 is 0 Å². The van der Waals surface area contributed by atoms with Crippen LogP contribution >= 0.6 is 11.3 Å². The second-order valence-corrected chi connectivity index (χ2v) is 7.03. The lowest BCUT2D eigenvalue weighted by Gasteiger charge is -2.33. The molecule has 3 heterocycles. The summed E-state index contributed by atoms with van der Waals surface area (Å²) in [6.07, 6.45) is 0. The van der Waals surface area contributed by atoms with Gasteiger partial charge in [0.25, 0.3) is 5.91 Å². The minimum Gasteiger partial charge on any atom is -0.327 e. The molecule has 8 heteroatoms. The lowest BCUT2D eigenvalue weighted by atomic mass is 10.1.